The Morgan fingerprint density at radius 3 is 2.68 bits per heavy atom. The Morgan fingerprint density at radius 1 is 1.24 bits per heavy atom. The highest BCUT2D eigenvalue weighted by atomic mass is 35.5. The van der Waals surface area contributed by atoms with E-state index in [1.165, 1.54) is 12.1 Å². The SMILES string of the molecule is Cc1ccc([N+](=O)[O-])cc1S(=O)(=O)NCCSCc1cccc(Cl)c1. The van der Waals surface area contributed by atoms with Crippen LogP contribution in [0.3, 0.4) is 0 Å². The fourth-order valence-electron chi connectivity index (χ4n) is 2.13. The first-order valence-electron chi connectivity index (χ1n) is 7.36. The molecule has 134 valence electrons. The van der Waals surface area contributed by atoms with Gasteiger partial charge in [-0.2, -0.15) is 11.8 Å². The van der Waals surface area contributed by atoms with Crippen LogP contribution in [0.1, 0.15) is 11.1 Å². The number of nitrogens with zero attached hydrogens (tertiary/aromatic N) is 1. The van der Waals surface area contributed by atoms with Gasteiger partial charge in [0, 0.05) is 35.2 Å². The summed E-state index contributed by atoms with van der Waals surface area (Å²) in [6.45, 7) is 1.84. The summed E-state index contributed by atoms with van der Waals surface area (Å²) in [6, 6.07) is 11.3. The van der Waals surface area contributed by atoms with Gasteiger partial charge < -0.3 is 0 Å². The normalized spacial score (nSPS) is 11.4. The number of hydrogen-bond donors (Lipinski definition) is 1. The lowest BCUT2D eigenvalue weighted by molar-refractivity contribution is -0.385. The van der Waals surface area contributed by atoms with Gasteiger partial charge in [0.25, 0.3) is 5.69 Å². The van der Waals surface area contributed by atoms with Gasteiger partial charge in [0.05, 0.1) is 9.82 Å². The fourth-order valence-corrected chi connectivity index (χ4v) is 4.58. The molecule has 2 aromatic rings. The Hall–Kier alpha value is -1.61. The van der Waals surface area contributed by atoms with Crippen molar-refractivity contribution in [1.82, 2.24) is 4.72 Å². The average Bonchev–Trinajstić information content (AvgIpc) is 2.54. The minimum Gasteiger partial charge on any atom is -0.258 e. The Kier molecular flexibility index (Phi) is 6.83. The lowest BCUT2D eigenvalue weighted by Crippen LogP contribution is -2.26. The largest absolute Gasteiger partial charge is 0.270 e. The number of thioether (sulfide) groups is 1. The second kappa shape index (κ2) is 8.66. The first kappa shape index (κ1) is 19.7. The van der Waals surface area contributed by atoms with Crippen molar-refractivity contribution in [2.45, 2.75) is 17.6 Å². The van der Waals surface area contributed by atoms with Crippen LogP contribution in [0.15, 0.2) is 47.4 Å². The number of nitro benzene ring substituents is 1. The molecular formula is C16H17ClN2O4S2. The quantitative estimate of drug-likeness (QED) is 0.414. The number of rotatable bonds is 8. The van der Waals surface area contributed by atoms with E-state index in [9.17, 15) is 18.5 Å². The maximum Gasteiger partial charge on any atom is 0.270 e. The van der Waals surface area contributed by atoms with Gasteiger partial charge in [-0.05, 0) is 30.2 Å². The van der Waals surface area contributed by atoms with E-state index in [-0.39, 0.29) is 17.1 Å². The number of non-ortho nitro benzene ring substituents is 1. The molecule has 0 spiro atoms. The molecule has 0 aliphatic heterocycles. The molecule has 0 aromatic heterocycles. The predicted octanol–water partition coefficient (Wildman–Crippen LogP) is 3.77. The van der Waals surface area contributed by atoms with E-state index >= 15 is 0 Å². The summed E-state index contributed by atoms with van der Waals surface area (Å²) in [6.07, 6.45) is 0. The summed E-state index contributed by atoms with van der Waals surface area (Å²) in [4.78, 5) is 10.1. The average molecular weight is 401 g/mol. The smallest absolute Gasteiger partial charge is 0.258 e. The third-order valence-electron chi connectivity index (χ3n) is 3.37. The van der Waals surface area contributed by atoms with Crippen LogP contribution >= 0.6 is 23.4 Å². The van der Waals surface area contributed by atoms with Crippen molar-refractivity contribution in [3.8, 4) is 0 Å². The number of sulfonamides is 1. The van der Waals surface area contributed by atoms with Crippen molar-refractivity contribution < 1.29 is 13.3 Å². The first-order chi connectivity index (χ1) is 11.8. The molecule has 0 amide bonds. The molecule has 6 nitrogen and oxygen atoms in total. The molecular weight excluding hydrogens is 384 g/mol. The molecule has 0 radical (unpaired) electrons. The van der Waals surface area contributed by atoms with E-state index in [1.807, 2.05) is 18.2 Å². The van der Waals surface area contributed by atoms with E-state index in [0.29, 0.717) is 16.3 Å². The van der Waals surface area contributed by atoms with Gasteiger partial charge in [0.2, 0.25) is 10.0 Å². The Balaban J connectivity index is 1.91. The molecule has 0 saturated heterocycles. The van der Waals surface area contributed by atoms with E-state index in [0.717, 1.165) is 17.4 Å². The molecule has 2 rings (SSSR count). The molecule has 0 fully saturated rings. The van der Waals surface area contributed by atoms with Crippen molar-refractivity contribution in [3.63, 3.8) is 0 Å². The summed E-state index contributed by atoms with van der Waals surface area (Å²) in [7, 11) is -3.79. The van der Waals surface area contributed by atoms with Crippen LogP contribution in [-0.4, -0.2) is 25.6 Å². The summed E-state index contributed by atoms with van der Waals surface area (Å²) in [5, 5.41) is 11.5. The number of nitro groups is 1. The fraction of sp³-hybridized carbons (Fsp3) is 0.250. The molecule has 25 heavy (non-hydrogen) atoms. The Labute approximate surface area is 155 Å². The summed E-state index contributed by atoms with van der Waals surface area (Å²) in [5.41, 5.74) is 1.28. The minimum atomic E-state index is -3.79. The van der Waals surface area contributed by atoms with Gasteiger partial charge in [-0.3, -0.25) is 10.1 Å². The number of hydrogen-bond acceptors (Lipinski definition) is 5. The van der Waals surface area contributed by atoms with Crippen molar-refractivity contribution >= 4 is 39.1 Å². The van der Waals surface area contributed by atoms with Gasteiger partial charge in [-0.15, -0.1) is 0 Å². The van der Waals surface area contributed by atoms with Crippen LogP contribution in [0.4, 0.5) is 5.69 Å². The molecule has 0 bridgehead atoms. The van der Waals surface area contributed by atoms with Crippen molar-refractivity contribution in [1.29, 1.82) is 0 Å². The molecule has 0 saturated carbocycles. The van der Waals surface area contributed by atoms with Crippen LogP contribution in [-0.2, 0) is 15.8 Å². The summed E-state index contributed by atoms with van der Waals surface area (Å²) in [5.74, 6) is 1.29. The molecule has 0 aliphatic carbocycles. The monoisotopic (exact) mass is 400 g/mol. The molecule has 1 N–H and O–H groups in total. The van der Waals surface area contributed by atoms with Crippen molar-refractivity contribution in [3.05, 3.63) is 68.7 Å². The second-order valence-electron chi connectivity index (χ2n) is 5.29. The Bertz CT molecular complexity index is 872. The first-order valence-corrected chi connectivity index (χ1v) is 10.4. The molecule has 0 unspecified atom stereocenters. The van der Waals surface area contributed by atoms with Gasteiger partial charge in [-0.1, -0.05) is 29.8 Å². The van der Waals surface area contributed by atoms with Gasteiger partial charge in [-0.25, -0.2) is 13.1 Å². The lowest BCUT2D eigenvalue weighted by atomic mass is 10.2. The topological polar surface area (TPSA) is 89.3 Å². The van der Waals surface area contributed by atoms with Gasteiger partial charge >= 0.3 is 0 Å². The molecule has 0 heterocycles. The number of nitrogens with one attached hydrogen (secondary N) is 1. The highest BCUT2D eigenvalue weighted by Gasteiger charge is 2.19. The highest BCUT2D eigenvalue weighted by molar-refractivity contribution is 7.98. The zero-order valence-corrected chi connectivity index (χ0v) is 15.8. The maximum atomic E-state index is 12.3. The molecule has 2 aromatic carbocycles. The molecule has 9 heteroatoms. The van der Waals surface area contributed by atoms with Crippen LogP contribution in [0.2, 0.25) is 5.02 Å². The van der Waals surface area contributed by atoms with E-state index in [4.69, 9.17) is 11.6 Å². The van der Waals surface area contributed by atoms with Crippen molar-refractivity contribution in [2.75, 3.05) is 12.3 Å². The van der Waals surface area contributed by atoms with Crippen LogP contribution in [0.5, 0.6) is 0 Å². The van der Waals surface area contributed by atoms with E-state index in [2.05, 4.69) is 4.72 Å². The van der Waals surface area contributed by atoms with Crippen LogP contribution < -0.4 is 4.72 Å². The highest BCUT2D eigenvalue weighted by Crippen LogP contribution is 2.22. The summed E-state index contributed by atoms with van der Waals surface area (Å²) < 4.78 is 27.2. The van der Waals surface area contributed by atoms with E-state index in [1.54, 1.807) is 24.8 Å². The molecule has 0 aliphatic rings. The zero-order chi connectivity index (χ0) is 18.4. The number of benzene rings is 2. The lowest BCUT2D eigenvalue weighted by Gasteiger charge is -2.09. The second-order valence-corrected chi connectivity index (χ2v) is 8.56. The van der Waals surface area contributed by atoms with Gasteiger partial charge in [0.1, 0.15) is 0 Å². The van der Waals surface area contributed by atoms with Crippen molar-refractivity contribution in [2.24, 2.45) is 0 Å². The third-order valence-corrected chi connectivity index (χ3v) is 6.24. The number of aryl methyl sites for hydroxylation is 1. The number of halogens is 1. The molecule has 0 atom stereocenters. The maximum absolute atomic E-state index is 12.3. The third kappa shape index (κ3) is 5.71. The standard InChI is InChI=1S/C16H17ClN2O4S2/c1-12-5-6-15(19(20)21)10-16(12)25(22,23)18-7-8-24-11-13-3-2-4-14(17)9-13/h2-6,9-10,18H,7-8,11H2,1H3. The van der Waals surface area contributed by atoms with Crippen LogP contribution in [0.25, 0.3) is 0 Å². The Morgan fingerprint density at radius 2 is 2.00 bits per heavy atom. The van der Waals surface area contributed by atoms with Gasteiger partial charge in [0.15, 0.2) is 0 Å². The zero-order valence-electron chi connectivity index (χ0n) is 13.4. The van der Waals surface area contributed by atoms with Crippen LogP contribution in [0, 0.1) is 17.0 Å². The predicted molar refractivity (Wildman–Crippen MR) is 101 cm³/mol. The van der Waals surface area contributed by atoms with E-state index < -0.39 is 14.9 Å². The summed E-state index contributed by atoms with van der Waals surface area (Å²) >= 11 is 7.48. The minimum absolute atomic E-state index is 0.0680.